The Morgan fingerprint density at radius 1 is 1.47 bits per heavy atom. The zero-order valence-electron chi connectivity index (χ0n) is 7.03. The number of nitrogens with one attached hydrogen (secondary N) is 2. The van der Waals surface area contributed by atoms with Gasteiger partial charge in [0.15, 0.2) is 4.77 Å². The van der Waals surface area contributed by atoms with E-state index in [1.807, 2.05) is 0 Å². The highest BCUT2D eigenvalue weighted by Gasteiger charge is 2.12. The largest absolute Gasteiger partial charge is 0.329 e. The quantitative estimate of drug-likeness (QED) is 0.580. The van der Waals surface area contributed by atoms with Gasteiger partial charge >= 0.3 is 0 Å². The van der Waals surface area contributed by atoms with Gasteiger partial charge in [-0.15, -0.1) is 0 Å². The molecule has 0 spiro atoms. The van der Waals surface area contributed by atoms with Crippen LogP contribution >= 0.6 is 39.7 Å². The lowest BCUT2D eigenvalue weighted by Crippen LogP contribution is -2.09. The first-order chi connectivity index (χ1) is 7.00. The van der Waals surface area contributed by atoms with Crippen LogP contribution in [0.25, 0.3) is 10.9 Å². The maximum atomic E-state index is 13.5. The lowest BCUT2D eigenvalue weighted by atomic mass is 10.2. The van der Waals surface area contributed by atoms with Crippen LogP contribution in [-0.4, -0.2) is 9.97 Å². The van der Waals surface area contributed by atoms with E-state index in [0.717, 1.165) is 6.07 Å². The third kappa shape index (κ3) is 1.73. The van der Waals surface area contributed by atoms with E-state index in [0.29, 0.717) is 4.47 Å². The first-order valence-electron chi connectivity index (χ1n) is 3.80. The van der Waals surface area contributed by atoms with E-state index in [-0.39, 0.29) is 20.7 Å². The molecule has 2 N–H and O–H groups in total. The first kappa shape index (κ1) is 10.8. The Morgan fingerprint density at radius 2 is 2.13 bits per heavy atom. The van der Waals surface area contributed by atoms with Gasteiger partial charge in [0.05, 0.1) is 20.4 Å². The van der Waals surface area contributed by atoms with Crippen molar-refractivity contribution in [3.05, 3.63) is 36.5 Å². The van der Waals surface area contributed by atoms with Crippen LogP contribution in [0, 0.1) is 10.6 Å². The summed E-state index contributed by atoms with van der Waals surface area (Å²) < 4.78 is 13.9. The number of benzene rings is 1. The molecule has 1 aromatic carbocycles. The van der Waals surface area contributed by atoms with Gasteiger partial charge in [-0.2, -0.15) is 0 Å². The summed E-state index contributed by atoms with van der Waals surface area (Å²) in [5, 5.41) is 0.254. The van der Waals surface area contributed by atoms with Gasteiger partial charge in [0.2, 0.25) is 0 Å². The van der Waals surface area contributed by atoms with Crippen molar-refractivity contribution in [2.75, 3.05) is 0 Å². The second kappa shape index (κ2) is 3.70. The number of rotatable bonds is 0. The van der Waals surface area contributed by atoms with Gasteiger partial charge in [0, 0.05) is 0 Å². The molecule has 0 aliphatic heterocycles. The van der Waals surface area contributed by atoms with E-state index in [2.05, 4.69) is 25.9 Å². The Labute approximate surface area is 101 Å². The van der Waals surface area contributed by atoms with Crippen LogP contribution in [0.5, 0.6) is 0 Å². The summed E-state index contributed by atoms with van der Waals surface area (Å²) in [6.45, 7) is 0. The standard InChI is InChI=1S/C8H3BrClFN2OS/c9-5-2(10)1-3(11)6-4(5)7(14)13-8(15)12-6/h1H,(H2,12,13,14,15). The predicted molar refractivity (Wildman–Crippen MR) is 62.4 cm³/mol. The van der Waals surface area contributed by atoms with Crippen LogP contribution < -0.4 is 5.56 Å². The highest BCUT2D eigenvalue weighted by atomic mass is 79.9. The molecule has 1 heterocycles. The minimum Gasteiger partial charge on any atom is -0.329 e. The van der Waals surface area contributed by atoms with Gasteiger partial charge in [0.25, 0.3) is 5.56 Å². The van der Waals surface area contributed by atoms with Crippen molar-refractivity contribution in [2.24, 2.45) is 0 Å². The third-order valence-corrected chi connectivity index (χ3v) is 3.42. The van der Waals surface area contributed by atoms with Gasteiger partial charge in [0.1, 0.15) is 5.82 Å². The smallest absolute Gasteiger partial charge is 0.260 e. The van der Waals surface area contributed by atoms with Gasteiger partial charge in [-0.25, -0.2) is 4.39 Å². The van der Waals surface area contributed by atoms with Crippen LogP contribution in [0.15, 0.2) is 15.3 Å². The minimum atomic E-state index is -0.615. The van der Waals surface area contributed by atoms with Crippen molar-refractivity contribution in [2.45, 2.75) is 0 Å². The summed E-state index contributed by atoms with van der Waals surface area (Å²) in [6, 6.07) is 1.11. The van der Waals surface area contributed by atoms with E-state index in [4.69, 9.17) is 23.8 Å². The zero-order chi connectivity index (χ0) is 11.2. The predicted octanol–water partition coefficient (Wildman–Crippen LogP) is 3.14. The molecule has 0 aliphatic carbocycles. The van der Waals surface area contributed by atoms with Crippen LogP contribution in [0.2, 0.25) is 5.02 Å². The molecule has 0 atom stereocenters. The van der Waals surface area contributed by atoms with Crippen molar-refractivity contribution in [3.63, 3.8) is 0 Å². The van der Waals surface area contributed by atoms with Crippen LogP contribution in [0.4, 0.5) is 4.39 Å². The lowest BCUT2D eigenvalue weighted by Gasteiger charge is -2.03. The molecule has 0 radical (unpaired) electrons. The summed E-state index contributed by atoms with van der Waals surface area (Å²) >= 11 is 13.6. The number of halogens is 3. The second-order valence-electron chi connectivity index (χ2n) is 2.81. The third-order valence-electron chi connectivity index (χ3n) is 1.86. The van der Waals surface area contributed by atoms with Gasteiger partial charge in [-0.3, -0.25) is 9.78 Å². The molecule has 2 aromatic rings. The van der Waals surface area contributed by atoms with Crippen molar-refractivity contribution >= 4 is 50.7 Å². The normalized spacial score (nSPS) is 10.9. The molecule has 15 heavy (non-hydrogen) atoms. The molecule has 1 aromatic heterocycles. The monoisotopic (exact) mass is 308 g/mol. The van der Waals surface area contributed by atoms with E-state index in [1.54, 1.807) is 0 Å². The fourth-order valence-corrected chi connectivity index (χ4v) is 2.12. The lowest BCUT2D eigenvalue weighted by molar-refractivity contribution is 0.636. The Hall–Kier alpha value is -0.720. The summed E-state index contributed by atoms with van der Waals surface area (Å²) in [5.74, 6) is -0.615. The van der Waals surface area contributed by atoms with Gasteiger partial charge in [-0.1, -0.05) is 11.6 Å². The van der Waals surface area contributed by atoms with Crippen LogP contribution in [0.1, 0.15) is 0 Å². The molecular weight excluding hydrogens is 307 g/mol. The number of hydrogen-bond acceptors (Lipinski definition) is 2. The van der Waals surface area contributed by atoms with Crippen molar-refractivity contribution < 1.29 is 4.39 Å². The molecule has 3 nitrogen and oxygen atoms in total. The SMILES string of the molecule is O=c1[nH]c(=S)[nH]c2c(F)cc(Cl)c(Br)c12. The molecule has 78 valence electrons. The zero-order valence-corrected chi connectivity index (χ0v) is 10.2. The van der Waals surface area contributed by atoms with E-state index in [1.165, 1.54) is 0 Å². The Morgan fingerprint density at radius 3 is 2.80 bits per heavy atom. The molecule has 7 heteroatoms. The fraction of sp³-hybridized carbons (Fsp3) is 0. The maximum absolute atomic E-state index is 13.5. The molecule has 0 bridgehead atoms. The number of aromatic amines is 2. The van der Waals surface area contributed by atoms with E-state index < -0.39 is 11.4 Å². The van der Waals surface area contributed by atoms with Crippen molar-refractivity contribution in [1.82, 2.24) is 9.97 Å². The first-order valence-corrected chi connectivity index (χ1v) is 5.38. The minimum absolute atomic E-state index is 0.0417. The van der Waals surface area contributed by atoms with Crippen molar-refractivity contribution in [1.29, 1.82) is 0 Å². The molecule has 0 aliphatic rings. The highest BCUT2D eigenvalue weighted by Crippen LogP contribution is 2.29. The average Bonchev–Trinajstić information content (AvgIpc) is 2.13. The summed E-state index contributed by atoms with van der Waals surface area (Å²) in [4.78, 5) is 16.4. The number of H-pyrrole nitrogens is 2. The maximum Gasteiger partial charge on any atom is 0.260 e. The van der Waals surface area contributed by atoms with Crippen LogP contribution in [-0.2, 0) is 0 Å². The topological polar surface area (TPSA) is 48.6 Å². The Balaban J connectivity index is 3.17. The fourth-order valence-electron chi connectivity index (χ4n) is 1.24. The van der Waals surface area contributed by atoms with Gasteiger partial charge < -0.3 is 4.98 Å². The molecule has 0 saturated heterocycles. The molecule has 0 unspecified atom stereocenters. The Kier molecular flexibility index (Phi) is 2.66. The summed E-state index contributed by atoms with van der Waals surface area (Å²) in [7, 11) is 0. The van der Waals surface area contributed by atoms with E-state index >= 15 is 0 Å². The molecule has 2 rings (SSSR count). The van der Waals surface area contributed by atoms with Crippen molar-refractivity contribution in [3.8, 4) is 0 Å². The number of fused-ring (bicyclic) bond motifs is 1. The summed E-state index contributed by atoms with van der Waals surface area (Å²) in [5.41, 5.74) is -0.443. The highest BCUT2D eigenvalue weighted by molar-refractivity contribution is 9.10. The van der Waals surface area contributed by atoms with Gasteiger partial charge in [-0.05, 0) is 34.2 Å². The number of hydrogen-bond donors (Lipinski definition) is 2. The van der Waals surface area contributed by atoms with E-state index in [9.17, 15) is 9.18 Å². The molecular formula is C8H3BrClFN2OS. The Bertz CT molecular complexity index is 666. The van der Waals surface area contributed by atoms with Crippen LogP contribution in [0.3, 0.4) is 0 Å². The number of aromatic nitrogens is 2. The molecule has 0 fully saturated rings. The summed E-state index contributed by atoms with van der Waals surface area (Å²) in [6.07, 6.45) is 0. The average molecular weight is 310 g/mol. The molecule has 0 amide bonds. The molecule has 0 saturated carbocycles. The second-order valence-corrected chi connectivity index (χ2v) is 4.42.